The first-order valence-electron chi connectivity index (χ1n) is 10.1. The van der Waals surface area contributed by atoms with Crippen LogP contribution in [0.4, 0.5) is 0 Å². The molecule has 0 unspecified atom stereocenters. The molecule has 3 rings (SSSR count). The van der Waals surface area contributed by atoms with Gasteiger partial charge in [0.2, 0.25) is 0 Å². The fourth-order valence-corrected chi connectivity index (χ4v) is 3.58. The normalized spacial score (nSPS) is 10.7. The molecule has 3 aromatic carbocycles. The predicted octanol–water partition coefficient (Wildman–Crippen LogP) is 6.44. The molecule has 150 valence electrons. The second-order valence-electron chi connectivity index (χ2n) is 7.46. The molecular weight excluding hydrogens is 360 g/mol. The molecule has 0 bridgehead atoms. The summed E-state index contributed by atoms with van der Waals surface area (Å²) in [5.74, 6) is 0.00546. The Morgan fingerprint density at radius 1 is 0.931 bits per heavy atom. The van der Waals surface area contributed by atoms with E-state index in [9.17, 15) is 4.79 Å². The fraction of sp³-hybridized carbons (Fsp3) is 0.269. The summed E-state index contributed by atoms with van der Waals surface area (Å²) in [5, 5.41) is 9.14. The van der Waals surface area contributed by atoms with Crippen LogP contribution in [-0.2, 0) is 11.2 Å². The van der Waals surface area contributed by atoms with Gasteiger partial charge in [-0.1, -0.05) is 61.0 Å². The van der Waals surface area contributed by atoms with Crippen LogP contribution in [0.15, 0.2) is 60.7 Å². The van der Waals surface area contributed by atoms with E-state index in [1.807, 2.05) is 18.2 Å². The smallest absolute Gasteiger partial charge is 0.303 e. The van der Waals surface area contributed by atoms with Crippen molar-refractivity contribution in [3.8, 4) is 28.0 Å². The molecule has 1 N–H and O–H groups in total. The van der Waals surface area contributed by atoms with Gasteiger partial charge in [0.25, 0.3) is 0 Å². The van der Waals surface area contributed by atoms with Crippen LogP contribution in [0.3, 0.4) is 0 Å². The van der Waals surface area contributed by atoms with E-state index in [4.69, 9.17) is 9.84 Å². The fourth-order valence-electron chi connectivity index (χ4n) is 3.58. The van der Waals surface area contributed by atoms with Crippen molar-refractivity contribution in [3.05, 3.63) is 77.4 Å². The van der Waals surface area contributed by atoms with Crippen LogP contribution in [0.1, 0.15) is 36.5 Å². The van der Waals surface area contributed by atoms with Crippen molar-refractivity contribution in [1.29, 1.82) is 0 Å². The summed E-state index contributed by atoms with van der Waals surface area (Å²) >= 11 is 0. The SMILES string of the molecule is CCCOc1ccc(-c2ccc(-c3cccc(C)c3)c(C)c2)c(CCC(=O)O)c1. The summed E-state index contributed by atoms with van der Waals surface area (Å²) in [6.07, 6.45) is 1.52. The molecule has 3 nitrogen and oxygen atoms in total. The predicted molar refractivity (Wildman–Crippen MR) is 119 cm³/mol. The number of ether oxygens (including phenoxy) is 1. The van der Waals surface area contributed by atoms with Crippen molar-refractivity contribution < 1.29 is 14.6 Å². The van der Waals surface area contributed by atoms with E-state index in [0.717, 1.165) is 28.9 Å². The Bertz CT molecular complexity index is 1000. The van der Waals surface area contributed by atoms with Crippen molar-refractivity contribution in [3.63, 3.8) is 0 Å². The highest BCUT2D eigenvalue weighted by Crippen LogP contribution is 2.33. The largest absolute Gasteiger partial charge is 0.494 e. The highest BCUT2D eigenvalue weighted by atomic mass is 16.5. The lowest BCUT2D eigenvalue weighted by Gasteiger charge is -2.15. The van der Waals surface area contributed by atoms with Gasteiger partial charge in [-0.2, -0.15) is 0 Å². The number of aliphatic carboxylic acids is 1. The lowest BCUT2D eigenvalue weighted by Crippen LogP contribution is -2.01. The third-order valence-corrected chi connectivity index (χ3v) is 5.02. The van der Waals surface area contributed by atoms with Gasteiger partial charge in [0.1, 0.15) is 5.75 Å². The van der Waals surface area contributed by atoms with Crippen LogP contribution in [0.5, 0.6) is 5.75 Å². The molecule has 3 heteroatoms. The number of rotatable bonds is 8. The van der Waals surface area contributed by atoms with Crippen molar-refractivity contribution >= 4 is 5.97 Å². The maximum atomic E-state index is 11.1. The molecule has 0 aliphatic carbocycles. The van der Waals surface area contributed by atoms with Crippen molar-refractivity contribution in [2.75, 3.05) is 6.61 Å². The van der Waals surface area contributed by atoms with Crippen molar-refractivity contribution in [2.24, 2.45) is 0 Å². The summed E-state index contributed by atoms with van der Waals surface area (Å²) in [5.41, 5.74) is 8.03. The second-order valence-corrected chi connectivity index (χ2v) is 7.46. The molecule has 0 fully saturated rings. The molecule has 29 heavy (non-hydrogen) atoms. The number of carboxylic acids is 1. The van der Waals surface area contributed by atoms with Gasteiger partial charge >= 0.3 is 5.97 Å². The van der Waals surface area contributed by atoms with E-state index in [1.54, 1.807) is 0 Å². The standard InChI is InChI=1S/C26H28O3/c1-4-14-29-23-10-12-25(22(17-23)9-13-26(27)28)21-8-11-24(19(3)16-21)20-7-5-6-18(2)15-20/h5-8,10-12,15-17H,4,9,13-14H2,1-3H3,(H,27,28). The van der Waals surface area contributed by atoms with Gasteiger partial charge in [-0.25, -0.2) is 0 Å². The van der Waals surface area contributed by atoms with Gasteiger partial charge in [0, 0.05) is 6.42 Å². The van der Waals surface area contributed by atoms with Gasteiger partial charge in [0.15, 0.2) is 0 Å². The number of hydrogen-bond donors (Lipinski definition) is 1. The van der Waals surface area contributed by atoms with Gasteiger partial charge in [-0.15, -0.1) is 0 Å². The quantitative estimate of drug-likeness (QED) is 0.483. The van der Waals surface area contributed by atoms with Crippen molar-refractivity contribution in [1.82, 2.24) is 0 Å². The minimum absolute atomic E-state index is 0.102. The molecule has 0 spiro atoms. The molecule has 0 saturated heterocycles. The number of hydrogen-bond acceptors (Lipinski definition) is 2. The van der Waals surface area contributed by atoms with E-state index in [0.29, 0.717) is 13.0 Å². The second kappa shape index (κ2) is 9.42. The Labute approximate surface area is 173 Å². The summed E-state index contributed by atoms with van der Waals surface area (Å²) in [4.78, 5) is 11.1. The number of aryl methyl sites for hydroxylation is 3. The first-order chi connectivity index (χ1) is 14.0. The monoisotopic (exact) mass is 388 g/mol. The number of carboxylic acid groups (broad SMARTS) is 1. The van der Waals surface area contributed by atoms with Crippen molar-refractivity contribution in [2.45, 2.75) is 40.0 Å². The van der Waals surface area contributed by atoms with Crippen LogP contribution in [-0.4, -0.2) is 17.7 Å². The third kappa shape index (κ3) is 5.26. The Balaban J connectivity index is 1.97. The first-order valence-corrected chi connectivity index (χ1v) is 10.1. The van der Waals surface area contributed by atoms with Crippen LogP contribution in [0, 0.1) is 13.8 Å². The summed E-state index contributed by atoms with van der Waals surface area (Å²) in [6.45, 7) is 6.95. The van der Waals surface area contributed by atoms with Gasteiger partial charge in [-0.3, -0.25) is 4.79 Å². The zero-order valence-electron chi connectivity index (χ0n) is 17.4. The summed E-state index contributed by atoms with van der Waals surface area (Å²) in [7, 11) is 0. The molecule has 0 amide bonds. The Morgan fingerprint density at radius 2 is 1.69 bits per heavy atom. The average Bonchev–Trinajstić information content (AvgIpc) is 2.70. The zero-order valence-corrected chi connectivity index (χ0v) is 17.4. The molecular formula is C26H28O3. The Morgan fingerprint density at radius 3 is 2.38 bits per heavy atom. The van der Waals surface area contributed by atoms with E-state index >= 15 is 0 Å². The molecule has 0 heterocycles. The molecule has 0 radical (unpaired) electrons. The molecule has 3 aromatic rings. The van der Waals surface area contributed by atoms with Crippen LogP contribution in [0.2, 0.25) is 0 Å². The summed E-state index contributed by atoms with van der Waals surface area (Å²) < 4.78 is 5.76. The molecule has 0 saturated carbocycles. The minimum atomic E-state index is -0.790. The first kappa shape index (κ1) is 20.7. The van der Waals surface area contributed by atoms with E-state index in [1.165, 1.54) is 22.3 Å². The van der Waals surface area contributed by atoms with Gasteiger partial charge in [-0.05, 0) is 72.2 Å². The van der Waals surface area contributed by atoms with E-state index < -0.39 is 5.97 Å². The molecule has 0 aromatic heterocycles. The van der Waals surface area contributed by atoms with Crippen LogP contribution in [0.25, 0.3) is 22.3 Å². The lowest BCUT2D eigenvalue weighted by atomic mass is 9.92. The lowest BCUT2D eigenvalue weighted by molar-refractivity contribution is -0.136. The molecule has 0 aliphatic rings. The maximum absolute atomic E-state index is 11.1. The highest BCUT2D eigenvalue weighted by molar-refractivity contribution is 5.76. The third-order valence-electron chi connectivity index (χ3n) is 5.02. The van der Waals surface area contributed by atoms with Crippen LogP contribution < -0.4 is 4.74 Å². The molecule has 0 atom stereocenters. The van der Waals surface area contributed by atoms with E-state index in [2.05, 4.69) is 63.2 Å². The maximum Gasteiger partial charge on any atom is 0.303 e. The minimum Gasteiger partial charge on any atom is -0.494 e. The Hall–Kier alpha value is -3.07. The average molecular weight is 389 g/mol. The summed E-state index contributed by atoms with van der Waals surface area (Å²) in [6, 6.07) is 21.0. The number of benzene rings is 3. The highest BCUT2D eigenvalue weighted by Gasteiger charge is 2.11. The van der Waals surface area contributed by atoms with E-state index in [-0.39, 0.29) is 6.42 Å². The zero-order chi connectivity index (χ0) is 20.8. The van der Waals surface area contributed by atoms with Gasteiger partial charge < -0.3 is 9.84 Å². The molecule has 0 aliphatic heterocycles. The topological polar surface area (TPSA) is 46.5 Å². The van der Waals surface area contributed by atoms with Crippen LogP contribution >= 0.6 is 0 Å². The van der Waals surface area contributed by atoms with Gasteiger partial charge in [0.05, 0.1) is 6.61 Å². The number of carbonyl (C=O) groups is 1. The Kier molecular flexibility index (Phi) is 6.71.